The van der Waals surface area contributed by atoms with Crippen molar-refractivity contribution in [3.05, 3.63) is 53.7 Å². The lowest BCUT2D eigenvalue weighted by Gasteiger charge is -2.11. The van der Waals surface area contributed by atoms with E-state index >= 15 is 0 Å². The second-order valence-corrected chi connectivity index (χ2v) is 7.19. The highest BCUT2D eigenvalue weighted by Crippen LogP contribution is 2.40. The van der Waals surface area contributed by atoms with Gasteiger partial charge in [-0.25, -0.2) is 0 Å². The summed E-state index contributed by atoms with van der Waals surface area (Å²) in [6.07, 6.45) is 4.07. The topological polar surface area (TPSA) is 62.3 Å². The van der Waals surface area contributed by atoms with Crippen LogP contribution in [0, 0.1) is 0 Å². The van der Waals surface area contributed by atoms with Crippen molar-refractivity contribution in [3.63, 3.8) is 0 Å². The van der Waals surface area contributed by atoms with Crippen LogP contribution in [-0.2, 0) is 12.3 Å². The molecule has 0 unspecified atom stereocenters. The van der Waals surface area contributed by atoms with Crippen molar-refractivity contribution in [2.24, 2.45) is 0 Å². The molecule has 0 N–H and O–H groups in total. The van der Waals surface area contributed by atoms with Gasteiger partial charge in [-0.05, 0) is 43.2 Å². The molecule has 1 fully saturated rings. The monoisotopic (exact) mass is 371 g/mol. The quantitative estimate of drug-likeness (QED) is 0.556. The Morgan fingerprint density at radius 2 is 2.08 bits per heavy atom. The minimum Gasteiger partial charge on any atom is -0.497 e. The summed E-state index contributed by atoms with van der Waals surface area (Å²) in [6.45, 7) is 0.656. The number of aromatic nitrogens is 3. The van der Waals surface area contributed by atoms with Crippen LogP contribution in [-0.4, -0.2) is 29.0 Å². The Kier molecular flexibility index (Phi) is 4.88. The van der Waals surface area contributed by atoms with Gasteiger partial charge in [-0.1, -0.05) is 11.8 Å². The van der Waals surface area contributed by atoms with E-state index in [-0.39, 0.29) is 0 Å². The standard InChI is InChI=1S/C19H21N3O3S/c1-23-15-7-8-17(24-2)14(10-15)12-26-19-21-20-18(13-5-6-13)22(19)11-16-4-3-9-25-16/h3-4,7-10,13H,5-6,11-12H2,1-2H3. The van der Waals surface area contributed by atoms with Gasteiger partial charge in [0.25, 0.3) is 0 Å². The molecular formula is C19H21N3O3S. The first-order valence-corrected chi connectivity index (χ1v) is 9.56. The fraction of sp³-hybridized carbons (Fsp3) is 0.368. The predicted octanol–water partition coefficient (Wildman–Crippen LogP) is 4.11. The van der Waals surface area contributed by atoms with Crippen molar-refractivity contribution in [2.75, 3.05) is 14.2 Å². The Labute approximate surface area is 156 Å². The molecule has 1 saturated carbocycles. The number of rotatable bonds is 8. The molecule has 0 amide bonds. The van der Waals surface area contributed by atoms with Crippen molar-refractivity contribution < 1.29 is 13.9 Å². The second kappa shape index (κ2) is 7.45. The van der Waals surface area contributed by atoms with Gasteiger partial charge in [-0.15, -0.1) is 10.2 Å². The van der Waals surface area contributed by atoms with E-state index in [1.165, 1.54) is 12.8 Å². The molecule has 0 atom stereocenters. The first-order valence-electron chi connectivity index (χ1n) is 8.57. The average molecular weight is 371 g/mol. The molecule has 2 aromatic heterocycles. The lowest BCUT2D eigenvalue weighted by atomic mass is 10.2. The number of benzene rings is 1. The summed E-state index contributed by atoms with van der Waals surface area (Å²) < 4.78 is 18.5. The van der Waals surface area contributed by atoms with Crippen molar-refractivity contribution in [1.82, 2.24) is 14.8 Å². The number of hydrogen-bond donors (Lipinski definition) is 0. The maximum Gasteiger partial charge on any atom is 0.191 e. The minimum atomic E-state index is 0.526. The van der Waals surface area contributed by atoms with Gasteiger partial charge in [0.2, 0.25) is 0 Å². The van der Waals surface area contributed by atoms with Gasteiger partial charge in [-0.3, -0.25) is 4.57 Å². The number of thioether (sulfide) groups is 1. The molecule has 1 aromatic carbocycles. The molecule has 26 heavy (non-hydrogen) atoms. The third-order valence-electron chi connectivity index (χ3n) is 4.43. The van der Waals surface area contributed by atoms with Gasteiger partial charge < -0.3 is 13.9 Å². The zero-order valence-corrected chi connectivity index (χ0v) is 15.7. The van der Waals surface area contributed by atoms with Crippen LogP contribution in [0.4, 0.5) is 0 Å². The van der Waals surface area contributed by atoms with Gasteiger partial charge in [0.15, 0.2) is 5.16 Å². The molecule has 0 aliphatic heterocycles. The van der Waals surface area contributed by atoms with Gasteiger partial charge in [0, 0.05) is 17.2 Å². The smallest absolute Gasteiger partial charge is 0.191 e. The molecule has 136 valence electrons. The molecule has 0 saturated heterocycles. The lowest BCUT2D eigenvalue weighted by molar-refractivity contribution is 0.400. The molecule has 0 spiro atoms. The molecule has 1 aliphatic carbocycles. The fourth-order valence-corrected chi connectivity index (χ4v) is 3.82. The largest absolute Gasteiger partial charge is 0.497 e. The Morgan fingerprint density at radius 1 is 1.19 bits per heavy atom. The van der Waals surface area contributed by atoms with Gasteiger partial charge in [-0.2, -0.15) is 0 Å². The van der Waals surface area contributed by atoms with E-state index < -0.39 is 0 Å². The van der Waals surface area contributed by atoms with Crippen LogP contribution in [0.2, 0.25) is 0 Å². The molecule has 0 bridgehead atoms. The highest BCUT2D eigenvalue weighted by atomic mass is 32.2. The summed E-state index contributed by atoms with van der Waals surface area (Å²) in [4.78, 5) is 0. The molecule has 6 nitrogen and oxygen atoms in total. The third kappa shape index (κ3) is 3.58. The second-order valence-electron chi connectivity index (χ2n) is 6.25. The van der Waals surface area contributed by atoms with E-state index in [0.29, 0.717) is 12.5 Å². The zero-order chi connectivity index (χ0) is 17.9. The van der Waals surface area contributed by atoms with E-state index in [9.17, 15) is 0 Å². The van der Waals surface area contributed by atoms with Crippen molar-refractivity contribution in [3.8, 4) is 11.5 Å². The van der Waals surface area contributed by atoms with E-state index in [1.54, 1.807) is 32.2 Å². The molecule has 1 aliphatic rings. The summed E-state index contributed by atoms with van der Waals surface area (Å²) >= 11 is 1.65. The minimum absolute atomic E-state index is 0.526. The number of methoxy groups -OCH3 is 2. The molecule has 3 aromatic rings. The van der Waals surface area contributed by atoms with Gasteiger partial charge >= 0.3 is 0 Å². The first-order chi connectivity index (χ1) is 12.8. The van der Waals surface area contributed by atoms with E-state index in [2.05, 4.69) is 14.8 Å². The Hall–Kier alpha value is -2.41. The number of furan rings is 1. The maximum atomic E-state index is 5.52. The van der Waals surface area contributed by atoms with Crippen LogP contribution >= 0.6 is 11.8 Å². The number of ether oxygens (including phenoxy) is 2. The zero-order valence-electron chi connectivity index (χ0n) is 14.8. The van der Waals surface area contributed by atoms with Crippen LogP contribution in [0.5, 0.6) is 11.5 Å². The number of nitrogens with zero attached hydrogens (tertiary/aromatic N) is 3. The normalized spacial score (nSPS) is 13.8. The Bertz CT molecular complexity index is 872. The van der Waals surface area contributed by atoms with Gasteiger partial charge in [0.05, 0.1) is 27.0 Å². The van der Waals surface area contributed by atoms with Crippen molar-refractivity contribution in [2.45, 2.75) is 36.2 Å². The molecule has 0 radical (unpaired) electrons. The van der Waals surface area contributed by atoms with Crippen LogP contribution in [0.3, 0.4) is 0 Å². The van der Waals surface area contributed by atoms with Crippen LogP contribution in [0.15, 0.2) is 46.2 Å². The summed E-state index contributed by atoms with van der Waals surface area (Å²) in [6, 6.07) is 9.72. The molecule has 7 heteroatoms. The van der Waals surface area contributed by atoms with E-state index in [4.69, 9.17) is 13.9 Å². The molecule has 2 heterocycles. The van der Waals surface area contributed by atoms with Crippen LogP contribution in [0.1, 0.15) is 35.9 Å². The highest BCUT2D eigenvalue weighted by Gasteiger charge is 2.30. The average Bonchev–Trinajstić information content (AvgIpc) is 3.24. The summed E-state index contributed by atoms with van der Waals surface area (Å²) in [5.41, 5.74) is 1.07. The maximum absolute atomic E-state index is 5.52. The summed E-state index contributed by atoms with van der Waals surface area (Å²) in [7, 11) is 3.35. The SMILES string of the molecule is COc1ccc(OC)c(CSc2nnc(C3CC3)n2Cc2ccco2)c1. The predicted molar refractivity (Wildman–Crippen MR) is 98.9 cm³/mol. The Balaban J connectivity index is 1.57. The first kappa shape index (κ1) is 17.0. The van der Waals surface area contributed by atoms with E-state index in [1.807, 2.05) is 30.3 Å². The number of hydrogen-bond acceptors (Lipinski definition) is 6. The molecular weight excluding hydrogens is 350 g/mol. The van der Waals surface area contributed by atoms with E-state index in [0.717, 1.165) is 39.6 Å². The Morgan fingerprint density at radius 3 is 2.77 bits per heavy atom. The van der Waals surface area contributed by atoms with Gasteiger partial charge in [0.1, 0.15) is 23.1 Å². The molecule has 4 rings (SSSR count). The lowest BCUT2D eigenvalue weighted by Crippen LogP contribution is -2.05. The van der Waals surface area contributed by atoms with Crippen LogP contribution < -0.4 is 9.47 Å². The fourth-order valence-electron chi connectivity index (χ4n) is 2.89. The van der Waals surface area contributed by atoms with Crippen LogP contribution in [0.25, 0.3) is 0 Å². The van der Waals surface area contributed by atoms with Crippen molar-refractivity contribution in [1.29, 1.82) is 0 Å². The highest BCUT2D eigenvalue weighted by molar-refractivity contribution is 7.98. The third-order valence-corrected chi connectivity index (χ3v) is 5.44. The summed E-state index contributed by atoms with van der Waals surface area (Å²) in [5.74, 6) is 4.88. The van der Waals surface area contributed by atoms with Crippen molar-refractivity contribution >= 4 is 11.8 Å². The summed E-state index contributed by atoms with van der Waals surface area (Å²) in [5, 5.41) is 9.77.